The maximum atomic E-state index is 14.1. The molecule has 4 N–H and O–H groups in total. The molecular weight excluding hydrogens is 1360 g/mol. The minimum absolute atomic E-state index is 0.00464. The van der Waals surface area contributed by atoms with Gasteiger partial charge in [-0.2, -0.15) is 10.2 Å². The number of aromatic carboxylic acids is 1. The van der Waals surface area contributed by atoms with Gasteiger partial charge in [0.2, 0.25) is 0 Å². The Hall–Kier alpha value is -10.6. The number of carboxylic acid groups (broad SMARTS) is 1. The van der Waals surface area contributed by atoms with E-state index in [4.69, 9.17) is 16.7 Å². The Kier molecular flexibility index (Phi) is 28.0. The van der Waals surface area contributed by atoms with Crippen molar-refractivity contribution in [2.24, 2.45) is 43.7 Å². The fraction of sp³-hybridized carbons (Fsp3) is 0.458. The van der Waals surface area contributed by atoms with Crippen LogP contribution in [0.4, 0.5) is 43.4 Å². The van der Waals surface area contributed by atoms with Crippen molar-refractivity contribution in [1.29, 1.82) is 0 Å². The highest BCUT2D eigenvalue weighted by Crippen LogP contribution is 2.29. The third-order valence-corrected chi connectivity index (χ3v) is 18.8. The number of hydrogen-bond acceptors (Lipinski definition) is 24. The second kappa shape index (κ2) is 37.6. The van der Waals surface area contributed by atoms with E-state index in [2.05, 4.69) is 140 Å². The number of halogens is 3. The molecule has 0 saturated carbocycles. The maximum Gasteiger partial charge on any atom is 0.358 e. The van der Waals surface area contributed by atoms with Crippen LogP contribution in [0.1, 0.15) is 145 Å². The van der Waals surface area contributed by atoms with Crippen molar-refractivity contribution in [3.05, 3.63) is 144 Å². The molecule has 12 heterocycles. The summed E-state index contributed by atoms with van der Waals surface area (Å²) in [7, 11) is 6.05. The molecule has 5 aliphatic heterocycles. The Bertz CT molecular complexity index is 4310. The van der Waals surface area contributed by atoms with E-state index in [0.717, 1.165) is 113 Å². The summed E-state index contributed by atoms with van der Waals surface area (Å²) in [6.45, 7) is 21.4. The molecule has 0 radical (unpaired) electrons. The van der Waals surface area contributed by atoms with Crippen molar-refractivity contribution in [1.82, 2.24) is 74.7 Å². The van der Waals surface area contributed by atoms with E-state index in [9.17, 15) is 32.8 Å². The van der Waals surface area contributed by atoms with Gasteiger partial charge in [-0.25, -0.2) is 73.0 Å². The summed E-state index contributed by atoms with van der Waals surface area (Å²) < 4.78 is 40.3. The van der Waals surface area contributed by atoms with Gasteiger partial charge in [-0.1, -0.05) is 71.9 Å². The van der Waals surface area contributed by atoms with Crippen LogP contribution in [-0.2, 0) is 23.6 Å². The molecule has 0 bridgehead atoms. The lowest BCUT2D eigenvalue weighted by atomic mass is 10.1. The maximum absolute atomic E-state index is 14.1. The fourth-order valence-electron chi connectivity index (χ4n) is 12.3. The molecule has 5 aliphatic rings. The highest BCUT2D eigenvalue weighted by molar-refractivity contribution is 6.29. The number of esters is 2. The van der Waals surface area contributed by atoms with Crippen molar-refractivity contribution in [2.75, 3.05) is 110 Å². The second-order valence-corrected chi connectivity index (χ2v) is 26.4. The predicted molar refractivity (Wildman–Crippen MR) is 391 cm³/mol. The van der Waals surface area contributed by atoms with Gasteiger partial charge in [-0.3, -0.25) is 19.0 Å². The molecule has 14 rings (SSSR count). The number of ether oxygens (including phenoxy) is 2. The molecule has 2 amide bonds. The summed E-state index contributed by atoms with van der Waals surface area (Å²) in [5.74, 6) is 3.13. The summed E-state index contributed by atoms with van der Waals surface area (Å²) in [4.78, 5) is 107. The Morgan fingerprint density at radius 1 is 0.500 bits per heavy atom. The van der Waals surface area contributed by atoms with E-state index in [-0.39, 0.29) is 44.7 Å². The van der Waals surface area contributed by atoms with Crippen molar-refractivity contribution in [3.63, 3.8) is 0 Å². The molecule has 7 aromatic heterocycles. The van der Waals surface area contributed by atoms with E-state index in [0.29, 0.717) is 34.0 Å². The number of carbonyl (C=O) groups excluding carboxylic acids is 4. The predicted octanol–water partition coefficient (Wildman–Crippen LogP) is 10.4. The number of carbonyl (C=O) groups is 5. The van der Waals surface area contributed by atoms with E-state index < -0.39 is 41.4 Å². The number of nitrogens with one attached hydrogen (secondary N) is 3. The second-order valence-electron chi connectivity index (χ2n) is 26.0. The average Bonchev–Trinajstić information content (AvgIpc) is 1.63. The molecule has 552 valence electrons. The number of fused-ring (bicyclic) bond motifs is 2. The first kappa shape index (κ1) is 77.6. The standard InChI is InChI=1S/C19H21FN6O.C18H19FN6O.C12H17N3O2.C11H15N3O2.C6H5ClN2O2.C6H13N/c1-3-12-4-5-26(10-12)17-9-21-16(8-22-17)19(27)23-14-6-13-11-25(2)24-18(13)15(20)7-14;1-11-3-4-25(9-11)16-8-20-15(7-21-16)18(26)22-13-5-12-10-24(2)23-17(12)14(19)6-13;1-3-9-4-5-15(8-9)11-7-13-10(6-14-11)12(16)17-2;1-2-8-3-4-14(7-8)10-6-12-9(5-13-10)11(15)16;1-11-6(10)4-2-9-5(7)3-8-4;1-2-6-3-4-7-5-6/h6-9,11-12H,3-5,10H2,1-2H3,(H,23,27);5-8,10-11H,3-4,9H2,1-2H3,(H,22,26);6-7,9H,3-5,8H2,1-2H3;5-6,8H,2-4,7H2,1H3,(H,15,16);2-3H,1H3;6-7H,2-5H2,1H3/t12-;11-;9-;8-;;6-/m1111.1/s1. The lowest BCUT2D eigenvalue weighted by Gasteiger charge is -2.16. The number of methoxy groups -OCH3 is 2. The van der Waals surface area contributed by atoms with Crippen LogP contribution in [0.2, 0.25) is 5.15 Å². The molecule has 5 saturated heterocycles. The quantitative estimate of drug-likeness (QED) is 0.0693. The number of nitrogens with zero attached hydrogens (tertiary/aromatic N) is 18. The van der Waals surface area contributed by atoms with Gasteiger partial charge >= 0.3 is 17.9 Å². The third kappa shape index (κ3) is 21.5. The first-order valence-corrected chi connectivity index (χ1v) is 35.3. The van der Waals surface area contributed by atoms with E-state index in [1.54, 1.807) is 63.4 Å². The van der Waals surface area contributed by atoms with Gasteiger partial charge in [0.1, 0.15) is 50.8 Å². The molecule has 2 aromatic carbocycles. The smallest absolute Gasteiger partial charge is 0.358 e. The van der Waals surface area contributed by atoms with Gasteiger partial charge in [0.25, 0.3) is 11.8 Å². The molecule has 0 unspecified atom stereocenters. The zero-order chi connectivity index (χ0) is 74.4. The Balaban J connectivity index is 0.000000151. The topological polar surface area (TPSA) is 338 Å². The van der Waals surface area contributed by atoms with Crippen LogP contribution in [0.3, 0.4) is 0 Å². The summed E-state index contributed by atoms with van der Waals surface area (Å²) in [5, 5.41) is 26.9. The number of hydrogen-bond donors (Lipinski definition) is 4. The van der Waals surface area contributed by atoms with Gasteiger partial charge in [-0.05, 0) is 99.0 Å². The highest BCUT2D eigenvalue weighted by atomic mass is 35.5. The monoisotopic (exact) mass is 1450 g/mol. The summed E-state index contributed by atoms with van der Waals surface area (Å²) in [5.41, 5.74) is 2.03. The number of aromatic nitrogens is 14. The SMILES string of the molecule is CC[C@@H]1CCN(c2cnc(C(=O)Nc3cc(F)c4nn(C)cc4c3)cn2)C1.CC[C@@H]1CCN(c2cnc(C(=O)O)cn2)C1.CC[C@@H]1CCN(c2cnc(C(=O)OC)cn2)C1.CC[C@@H]1CCNC1.COC(=O)c1cnc(Cl)cn1.C[C@@H]1CCN(c2cnc(C(=O)Nc3cc(F)c4nn(C)cc4c3)cn2)C1. The lowest BCUT2D eigenvalue weighted by molar-refractivity contribution is 0.0584. The van der Waals surface area contributed by atoms with Crippen LogP contribution in [0.5, 0.6) is 0 Å². The first-order chi connectivity index (χ1) is 50.1. The number of carboxylic acids is 1. The largest absolute Gasteiger partial charge is 0.476 e. The minimum atomic E-state index is -1.04. The summed E-state index contributed by atoms with van der Waals surface area (Å²) in [6.07, 6.45) is 29.0. The molecular formula is C72H90ClF2N21O8. The van der Waals surface area contributed by atoms with Gasteiger partial charge in [0.05, 0.1) is 76.2 Å². The van der Waals surface area contributed by atoms with Crippen LogP contribution in [0.15, 0.2) is 98.6 Å². The molecule has 5 atom stereocenters. The van der Waals surface area contributed by atoms with Gasteiger partial charge < -0.3 is 50.1 Å². The number of rotatable bonds is 15. The molecule has 104 heavy (non-hydrogen) atoms. The minimum Gasteiger partial charge on any atom is -0.476 e. The number of benzene rings is 2. The van der Waals surface area contributed by atoms with Crippen molar-refractivity contribution in [2.45, 2.75) is 92.4 Å². The van der Waals surface area contributed by atoms with Gasteiger partial charge in [-0.15, -0.1) is 0 Å². The Morgan fingerprint density at radius 3 is 1.18 bits per heavy atom. The van der Waals surface area contributed by atoms with Crippen LogP contribution in [0.25, 0.3) is 21.8 Å². The number of amides is 2. The van der Waals surface area contributed by atoms with Crippen molar-refractivity contribution in [3.8, 4) is 0 Å². The van der Waals surface area contributed by atoms with Crippen LogP contribution in [0, 0.1) is 41.2 Å². The van der Waals surface area contributed by atoms with E-state index >= 15 is 0 Å². The van der Waals surface area contributed by atoms with E-state index in [1.807, 2.05) is 0 Å². The fourth-order valence-corrected chi connectivity index (χ4v) is 12.4. The first-order valence-electron chi connectivity index (χ1n) is 34.9. The molecule has 5 fully saturated rings. The highest BCUT2D eigenvalue weighted by Gasteiger charge is 2.27. The lowest BCUT2D eigenvalue weighted by Crippen LogP contribution is -2.22. The van der Waals surface area contributed by atoms with Gasteiger partial charge in [0.15, 0.2) is 28.7 Å². The summed E-state index contributed by atoms with van der Waals surface area (Å²) >= 11 is 5.43. The molecule has 9 aromatic rings. The zero-order valence-electron chi connectivity index (χ0n) is 60.0. The van der Waals surface area contributed by atoms with Crippen LogP contribution >= 0.6 is 11.6 Å². The Morgan fingerprint density at radius 2 is 0.875 bits per heavy atom. The van der Waals surface area contributed by atoms with Crippen LogP contribution in [-0.4, -0.2) is 184 Å². The van der Waals surface area contributed by atoms with Crippen molar-refractivity contribution < 1.29 is 47.3 Å². The van der Waals surface area contributed by atoms with Crippen molar-refractivity contribution >= 4 is 97.8 Å². The average molecular weight is 1450 g/mol. The number of aryl methyl sites for hydroxylation is 2. The number of anilines is 6. The zero-order valence-corrected chi connectivity index (χ0v) is 60.8. The third-order valence-electron chi connectivity index (χ3n) is 18.6. The molecule has 0 aliphatic carbocycles. The summed E-state index contributed by atoms with van der Waals surface area (Å²) in [6, 6.07) is 5.86. The molecule has 0 spiro atoms. The molecule has 29 nitrogen and oxygen atoms in total. The Labute approximate surface area is 607 Å². The van der Waals surface area contributed by atoms with Crippen LogP contribution < -0.4 is 35.6 Å². The van der Waals surface area contributed by atoms with Gasteiger partial charge in [0, 0.05) is 101 Å². The normalized spacial score (nSPS) is 18.0. The molecule has 32 heteroatoms. The van der Waals surface area contributed by atoms with E-state index in [1.165, 1.54) is 125 Å².